The monoisotopic (exact) mass is 829 g/mol. The number of hydrogen-bond acceptors (Lipinski definition) is 6. The van der Waals surface area contributed by atoms with E-state index in [-0.39, 0.29) is 31.1 Å². The molecule has 0 saturated heterocycles. The minimum atomic E-state index is -0.778. The molecular weight excluding hydrogens is 733 g/mol. The van der Waals surface area contributed by atoms with E-state index in [1.54, 1.807) is 0 Å². The van der Waals surface area contributed by atoms with E-state index in [4.69, 9.17) is 14.2 Å². The van der Waals surface area contributed by atoms with Crippen LogP contribution in [0.15, 0.2) is 36.5 Å². The summed E-state index contributed by atoms with van der Waals surface area (Å²) in [5.41, 5.74) is 0. The van der Waals surface area contributed by atoms with Crippen molar-refractivity contribution in [2.45, 2.75) is 271 Å². The second kappa shape index (κ2) is 48.3. The molecule has 0 amide bonds. The zero-order valence-electron chi connectivity index (χ0n) is 39.3. The van der Waals surface area contributed by atoms with Crippen LogP contribution in [0, 0.1) is 0 Å². The van der Waals surface area contributed by atoms with E-state index in [1.807, 2.05) is 0 Å². The molecule has 0 aromatic rings. The van der Waals surface area contributed by atoms with Gasteiger partial charge in [0.1, 0.15) is 13.2 Å². The summed E-state index contributed by atoms with van der Waals surface area (Å²) in [6.07, 6.45) is 55.5. The van der Waals surface area contributed by atoms with Crippen molar-refractivity contribution >= 4 is 17.9 Å². The lowest BCUT2D eigenvalue weighted by molar-refractivity contribution is -0.167. The first-order chi connectivity index (χ1) is 29.0. The van der Waals surface area contributed by atoms with Crippen molar-refractivity contribution in [1.29, 1.82) is 0 Å². The molecule has 0 spiro atoms. The number of allylic oxidation sites excluding steroid dienone is 6. The lowest BCUT2D eigenvalue weighted by Crippen LogP contribution is -2.30. The summed E-state index contributed by atoms with van der Waals surface area (Å²) in [6.45, 7) is 6.55. The fourth-order valence-corrected chi connectivity index (χ4v) is 7.24. The van der Waals surface area contributed by atoms with Gasteiger partial charge in [0.2, 0.25) is 0 Å². The van der Waals surface area contributed by atoms with Crippen molar-refractivity contribution in [2.75, 3.05) is 13.2 Å². The van der Waals surface area contributed by atoms with Gasteiger partial charge in [0, 0.05) is 19.3 Å². The average Bonchev–Trinajstić information content (AvgIpc) is 3.23. The van der Waals surface area contributed by atoms with Gasteiger partial charge in [0.05, 0.1) is 0 Å². The highest BCUT2D eigenvalue weighted by molar-refractivity contribution is 5.71. The van der Waals surface area contributed by atoms with Crippen LogP contribution in [-0.2, 0) is 28.6 Å². The Balaban J connectivity index is 4.35. The first kappa shape index (κ1) is 56.6. The van der Waals surface area contributed by atoms with Crippen LogP contribution in [0.1, 0.15) is 265 Å². The molecule has 0 aromatic heterocycles. The minimum Gasteiger partial charge on any atom is -0.462 e. The van der Waals surface area contributed by atoms with Crippen molar-refractivity contribution in [3.05, 3.63) is 36.5 Å². The largest absolute Gasteiger partial charge is 0.462 e. The summed E-state index contributed by atoms with van der Waals surface area (Å²) in [5.74, 6) is -0.893. The predicted octanol–water partition coefficient (Wildman–Crippen LogP) is 16.5. The molecule has 0 aliphatic rings. The van der Waals surface area contributed by atoms with Gasteiger partial charge in [-0.15, -0.1) is 0 Å². The number of hydrogen-bond donors (Lipinski definition) is 0. The average molecular weight is 829 g/mol. The fourth-order valence-electron chi connectivity index (χ4n) is 7.24. The summed E-state index contributed by atoms with van der Waals surface area (Å²) in [4.78, 5) is 37.9. The zero-order chi connectivity index (χ0) is 43.0. The first-order valence-corrected chi connectivity index (χ1v) is 25.5. The summed E-state index contributed by atoms with van der Waals surface area (Å²) in [5, 5.41) is 0. The normalized spacial score (nSPS) is 12.3. The Hall–Kier alpha value is -2.37. The maximum Gasteiger partial charge on any atom is 0.306 e. The van der Waals surface area contributed by atoms with E-state index in [0.29, 0.717) is 19.3 Å². The molecule has 0 aliphatic heterocycles. The quantitative estimate of drug-likeness (QED) is 0.0263. The van der Waals surface area contributed by atoms with Gasteiger partial charge in [-0.25, -0.2) is 0 Å². The maximum absolute atomic E-state index is 12.8. The Bertz CT molecular complexity index is 1000. The summed E-state index contributed by atoms with van der Waals surface area (Å²) in [7, 11) is 0. The Labute approximate surface area is 365 Å². The molecule has 6 heteroatoms. The van der Waals surface area contributed by atoms with Gasteiger partial charge in [-0.05, 0) is 70.6 Å². The lowest BCUT2D eigenvalue weighted by atomic mass is 10.0. The first-order valence-electron chi connectivity index (χ1n) is 25.5. The van der Waals surface area contributed by atoms with Crippen molar-refractivity contribution in [3.63, 3.8) is 0 Å². The highest BCUT2D eigenvalue weighted by Crippen LogP contribution is 2.15. The Morgan fingerprint density at radius 3 is 1.05 bits per heavy atom. The van der Waals surface area contributed by atoms with Crippen LogP contribution in [-0.4, -0.2) is 37.2 Å². The smallest absolute Gasteiger partial charge is 0.306 e. The molecule has 0 bridgehead atoms. The number of carbonyl (C=O) groups is 3. The van der Waals surface area contributed by atoms with Crippen molar-refractivity contribution in [3.8, 4) is 0 Å². The summed E-state index contributed by atoms with van der Waals surface area (Å²) < 4.78 is 16.8. The molecule has 59 heavy (non-hydrogen) atoms. The van der Waals surface area contributed by atoms with E-state index in [2.05, 4.69) is 57.2 Å². The molecule has 0 radical (unpaired) electrons. The highest BCUT2D eigenvalue weighted by Gasteiger charge is 2.19. The maximum atomic E-state index is 12.8. The third-order valence-electron chi connectivity index (χ3n) is 11.1. The van der Waals surface area contributed by atoms with Gasteiger partial charge in [-0.3, -0.25) is 14.4 Å². The van der Waals surface area contributed by atoms with Crippen LogP contribution in [0.25, 0.3) is 0 Å². The van der Waals surface area contributed by atoms with E-state index < -0.39 is 6.10 Å². The van der Waals surface area contributed by atoms with Crippen molar-refractivity contribution in [1.82, 2.24) is 0 Å². The molecule has 6 nitrogen and oxygen atoms in total. The summed E-state index contributed by atoms with van der Waals surface area (Å²) in [6, 6.07) is 0. The van der Waals surface area contributed by atoms with Crippen molar-refractivity contribution < 1.29 is 28.6 Å². The Morgan fingerprint density at radius 2 is 0.644 bits per heavy atom. The van der Waals surface area contributed by atoms with Gasteiger partial charge in [-0.2, -0.15) is 0 Å². The van der Waals surface area contributed by atoms with E-state index >= 15 is 0 Å². The van der Waals surface area contributed by atoms with Crippen LogP contribution in [0.2, 0.25) is 0 Å². The van der Waals surface area contributed by atoms with Crippen LogP contribution in [0.5, 0.6) is 0 Å². The van der Waals surface area contributed by atoms with Crippen molar-refractivity contribution in [2.24, 2.45) is 0 Å². The molecule has 0 aliphatic carbocycles. The van der Waals surface area contributed by atoms with Gasteiger partial charge in [0.25, 0.3) is 0 Å². The molecule has 0 N–H and O–H groups in total. The van der Waals surface area contributed by atoms with Crippen LogP contribution >= 0.6 is 0 Å². The van der Waals surface area contributed by atoms with E-state index in [1.165, 1.54) is 128 Å². The Morgan fingerprint density at radius 1 is 0.339 bits per heavy atom. The number of ether oxygens (including phenoxy) is 3. The molecule has 0 fully saturated rings. The van der Waals surface area contributed by atoms with Gasteiger partial charge in [-0.1, -0.05) is 211 Å². The Kier molecular flexibility index (Phi) is 46.4. The number of rotatable bonds is 46. The molecule has 1 unspecified atom stereocenters. The number of unbranched alkanes of at least 4 members (excludes halogenated alkanes) is 29. The zero-order valence-corrected chi connectivity index (χ0v) is 39.3. The lowest BCUT2D eigenvalue weighted by Gasteiger charge is -2.18. The second-order valence-electron chi connectivity index (χ2n) is 17.1. The molecular formula is C53H96O6. The van der Waals surface area contributed by atoms with Gasteiger partial charge < -0.3 is 14.2 Å². The molecule has 0 rings (SSSR count). The summed E-state index contributed by atoms with van der Waals surface area (Å²) >= 11 is 0. The third kappa shape index (κ3) is 46.5. The van der Waals surface area contributed by atoms with Crippen LogP contribution in [0.3, 0.4) is 0 Å². The van der Waals surface area contributed by atoms with E-state index in [9.17, 15) is 14.4 Å². The van der Waals surface area contributed by atoms with Crippen LogP contribution < -0.4 is 0 Å². The standard InChI is InChI=1S/C53H96O6/c1-4-7-10-13-16-19-22-25-26-27-29-31-34-37-40-43-46-52(55)58-49-50(48-57-51(54)45-42-39-36-33-30-24-21-18-15-12-9-6-3)59-53(56)47-44-41-38-35-32-28-23-20-17-14-11-8-5-2/h11,14,18,20-21,23,50H,4-10,12-13,15-17,19,22,24-49H2,1-3H3/b14-11-,21-18-,23-20-. The fraction of sp³-hybridized carbons (Fsp3) is 0.830. The predicted molar refractivity (Wildman–Crippen MR) is 252 cm³/mol. The molecule has 0 saturated carbocycles. The SMILES string of the molecule is CCC/C=C\C/C=C\CCCCCCCC(=O)OC(COC(=O)CCCCCCC/C=C\CCCCC)COC(=O)CCCCCCCCCCCCCCCCCC. The van der Waals surface area contributed by atoms with Crippen LogP contribution in [0.4, 0.5) is 0 Å². The molecule has 0 heterocycles. The number of carbonyl (C=O) groups excluding carboxylic acids is 3. The highest BCUT2D eigenvalue weighted by atomic mass is 16.6. The topological polar surface area (TPSA) is 78.9 Å². The second-order valence-corrected chi connectivity index (χ2v) is 17.1. The van der Waals surface area contributed by atoms with E-state index in [0.717, 1.165) is 96.3 Å². The van der Waals surface area contributed by atoms with Gasteiger partial charge >= 0.3 is 17.9 Å². The number of esters is 3. The molecule has 1 atom stereocenters. The third-order valence-corrected chi connectivity index (χ3v) is 11.1. The molecule has 344 valence electrons. The molecule has 0 aromatic carbocycles. The van der Waals surface area contributed by atoms with Gasteiger partial charge in [0.15, 0.2) is 6.10 Å². The minimum absolute atomic E-state index is 0.0777.